The van der Waals surface area contributed by atoms with Gasteiger partial charge in [0.2, 0.25) is 0 Å². The fourth-order valence-electron chi connectivity index (χ4n) is 3.66. The minimum Gasteiger partial charge on any atom is -0.491 e. The van der Waals surface area contributed by atoms with Gasteiger partial charge in [-0.05, 0) is 50.2 Å². The summed E-state index contributed by atoms with van der Waals surface area (Å²) < 4.78 is 5.91. The van der Waals surface area contributed by atoms with Gasteiger partial charge in [-0.2, -0.15) is 5.10 Å². The molecule has 4 aromatic rings. The summed E-state index contributed by atoms with van der Waals surface area (Å²) in [5, 5.41) is 8.63. The first-order valence-electron chi connectivity index (χ1n) is 9.64. The van der Waals surface area contributed by atoms with Crippen molar-refractivity contribution >= 4 is 10.9 Å². The number of likely N-dealkylation sites (tertiary alicyclic amines) is 1. The highest BCUT2D eigenvalue weighted by Crippen LogP contribution is 2.27. The van der Waals surface area contributed by atoms with Crippen molar-refractivity contribution in [3.8, 4) is 28.4 Å². The summed E-state index contributed by atoms with van der Waals surface area (Å²) in [5.74, 6) is 0.776. The molecule has 1 fully saturated rings. The Bertz CT molecular complexity index is 1050. The lowest BCUT2D eigenvalue weighted by molar-refractivity contribution is 0.237. The summed E-state index contributed by atoms with van der Waals surface area (Å²) in [6.07, 6.45) is 9.78. The van der Waals surface area contributed by atoms with Crippen LogP contribution in [0.4, 0.5) is 0 Å². The summed E-state index contributed by atoms with van der Waals surface area (Å²) in [6, 6.07) is 8.04. The van der Waals surface area contributed by atoms with E-state index < -0.39 is 0 Å². The van der Waals surface area contributed by atoms with Gasteiger partial charge in [0.1, 0.15) is 12.4 Å². The number of aromatic nitrogens is 5. The molecule has 5 rings (SSSR count). The van der Waals surface area contributed by atoms with Crippen molar-refractivity contribution < 1.29 is 4.74 Å². The van der Waals surface area contributed by atoms with Gasteiger partial charge in [0.15, 0.2) is 0 Å². The van der Waals surface area contributed by atoms with E-state index in [1.807, 2.05) is 30.6 Å². The van der Waals surface area contributed by atoms with E-state index in [2.05, 4.69) is 36.1 Å². The van der Waals surface area contributed by atoms with Gasteiger partial charge < -0.3 is 9.72 Å². The van der Waals surface area contributed by atoms with Gasteiger partial charge in [-0.15, -0.1) is 0 Å². The summed E-state index contributed by atoms with van der Waals surface area (Å²) >= 11 is 0. The third-order valence-corrected chi connectivity index (χ3v) is 5.17. The monoisotopic (exact) mass is 374 g/mol. The normalized spacial score (nSPS) is 14.7. The van der Waals surface area contributed by atoms with Crippen molar-refractivity contribution in [1.82, 2.24) is 30.0 Å². The fourth-order valence-corrected chi connectivity index (χ4v) is 3.66. The van der Waals surface area contributed by atoms with Gasteiger partial charge in [0.05, 0.1) is 23.3 Å². The van der Waals surface area contributed by atoms with Crippen LogP contribution in [-0.2, 0) is 0 Å². The maximum Gasteiger partial charge on any atom is 0.138 e. The number of nitrogens with one attached hydrogen (secondary N) is 2. The second kappa shape index (κ2) is 7.44. The molecule has 4 aromatic heterocycles. The predicted molar refractivity (Wildman–Crippen MR) is 108 cm³/mol. The average molecular weight is 374 g/mol. The Morgan fingerprint density at radius 1 is 1.00 bits per heavy atom. The number of rotatable bonds is 6. The van der Waals surface area contributed by atoms with Crippen molar-refractivity contribution in [3.05, 3.63) is 49.1 Å². The second-order valence-corrected chi connectivity index (χ2v) is 7.12. The molecule has 142 valence electrons. The van der Waals surface area contributed by atoms with Crippen LogP contribution in [-0.4, -0.2) is 56.3 Å². The van der Waals surface area contributed by atoms with Crippen molar-refractivity contribution in [2.24, 2.45) is 0 Å². The lowest BCUT2D eigenvalue weighted by atomic mass is 10.2. The van der Waals surface area contributed by atoms with Crippen LogP contribution in [0.1, 0.15) is 12.8 Å². The average Bonchev–Trinajstić information content (AvgIpc) is 3.47. The molecule has 0 aromatic carbocycles. The number of pyridine rings is 2. The smallest absolute Gasteiger partial charge is 0.138 e. The number of hydrogen-bond acceptors (Lipinski definition) is 5. The predicted octanol–water partition coefficient (Wildman–Crippen LogP) is 3.49. The van der Waals surface area contributed by atoms with Crippen molar-refractivity contribution in [1.29, 1.82) is 0 Å². The third-order valence-electron chi connectivity index (χ3n) is 5.17. The van der Waals surface area contributed by atoms with Crippen LogP contribution in [0.5, 0.6) is 5.75 Å². The lowest BCUT2D eigenvalue weighted by Crippen LogP contribution is -2.25. The van der Waals surface area contributed by atoms with E-state index >= 15 is 0 Å². The Morgan fingerprint density at radius 2 is 1.93 bits per heavy atom. The zero-order valence-electron chi connectivity index (χ0n) is 15.6. The number of ether oxygens (including phenoxy) is 1. The van der Waals surface area contributed by atoms with Crippen LogP contribution in [0.15, 0.2) is 49.1 Å². The molecule has 1 aliphatic heterocycles. The summed E-state index contributed by atoms with van der Waals surface area (Å²) in [6.45, 7) is 4.01. The van der Waals surface area contributed by atoms with E-state index in [0.29, 0.717) is 6.61 Å². The van der Waals surface area contributed by atoms with Gasteiger partial charge >= 0.3 is 0 Å². The molecule has 1 aliphatic rings. The van der Waals surface area contributed by atoms with Crippen molar-refractivity contribution in [2.75, 3.05) is 26.2 Å². The SMILES string of the molecule is c1cc2[nH]c(-c3cc(-c4cncc(OCCN5CCCC5)c4)n[nH]3)cc2cn1. The maximum absolute atomic E-state index is 5.91. The molecule has 0 aliphatic carbocycles. The summed E-state index contributed by atoms with van der Waals surface area (Å²) in [5.41, 5.74) is 4.72. The van der Waals surface area contributed by atoms with Crippen LogP contribution < -0.4 is 4.74 Å². The Hall–Kier alpha value is -3.19. The fraction of sp³-hybridized carbons (Fsp3) is 0.286. The van der Waals surface area contributed by atoms with Crippen LogP contribution in [0.2, 0.25) is 0 Å². The molecule has 0 saturated carbocycles. The largest absolute Gasteiger partial charge is 0.491 e. The van der Waals surface area contributed by atoms with Crippen LogP contribution >= 0.6 is 0 Å². The Kier molecular flexibility index (Phi) is 4.50. The van der Waals surface area contributed by atoms with E-state index in [1.54, 1.807) is 12.4 Å². The zero-order chi connectivity index (χ0) is 18.8. The molecule has 7 nitrogen and oxygen atoms in total. The van der Waals surface area contributed by atoms with Crippen LogP contribution in [0.25, 0.3) is 33.5 Å². The molecule has 0 atom stereocenters. The molecule has 7 heteroatoms. The topological polar surface area (TPSA) is 82.7 Å². The Labute approximate surface area is 162 Å². The Balaban J connectivity index is 1.31. The molecule has 0 spiro atoms. The highest BCUT2D eigenvalue weighted by molar-refractivity contribution is 5.84. The van der Waals surface area contributed by atoms with Crippen molar-refractivity contribution in [2.45, 2.75) is 12.8 Å². The van der Waals surface area contributed by atoms with Crippen LogP contribution in [0, 0.1) is 0 Å². The summed E-state index contributed by atoms with van der Waals surface area (Å²) in [4.78, 5) is 14.3. The van der Waals surface area contributed by atoms with Crippen molar-refractivity contribution in [3.63, 3.8) is 0 Å². The molecule has 2 N–H and O–H groups in total. The number of nitrogens with zero attached hydrogens (tertiary/aromatic N) is 4. The highest BCUT2D eigenvalue weighted by Gasteiger charge is 2.12. The van der Waals surface area contributed by atoms with E-state index in [-0.39, 0.29) is 0 Å². The molecule has 0 bridgehead atoms. The van der Waals surface area contributed by atoms with Gasteiger partial charge in [-0.1, -0.05) is 0 Å². The first kappa shape index (κ1) is 16.9. The molecule has 1 saturated heterocycles. The zero-order valence-corrected chi connectivity index (χ0v) is 15.6. The van der Waals surface area contributed by atoms with Crippen LogP contribution in [0.3, 0.4) is 0 Å². The minimum absolute atomic E-state index is 0.681. The van der Waals surface area contributed by atoms with Gasteiger partial charge in [-0.3, -0.25) is 20.0 Å². The third kappa shape index (κ3) is 3.48. The van der Waals surface area contributed by atoms with E-state index in [4.69, 9.17) is 4.74 Å². The van der Waals surface area contributed by atoms with Gasteiger partial charge in [0, 0.05) is 41.6 Å². The maximum atomic E-state index is 5.91. The van der Waals surface area contributed by atoms with Gasteiger partial charge in [-0.25, -0.2) is 0 Å². The molecular formula is C21H22N6O. The molecule has 0 amide bonds. The quantitative estimate of drug-likeness (QED) is 0.540. The lowest BCUT2D eigenvalue weighted by Gasteiger charge is -2.14. The number of fused-ring (bicyclic) bond motifs is 1. The number of hydrogen-bond donors (Lipinski definition) is 2. The van der Waals surface area contributed by atoms with Gasteiger partial charge in [0.25, 0.3) is 0 Å². The molecule has 5 heterocycles. The first-order chi connectivity index (χ1) is 13.8. The summed E-state index contributed by atoms with van der Waals surface area (Å²) in [7, 11) is 0. The molecule has 0 radical (unpaired) electrons. The standard InChI is InChI=1S/C21H22N6O/c1-2-6-27(5-1)7-8-28-17-9-15(13-23-14-17)19-11-21(26-25-19)20-10-16-12-22-4-3-18(16)24-20/h3-4,9-14,24H,1-2,5-8H2,(H,25,26). The first-order valence-corrected chi connectivity index (χ1v) is 9.64. The molecular weight excluding hydrogens is 352 g/mol. The highest BCUT2D eigenvalue weighted by atomic mass is 16.5. The van der Waals surface area contributed by atoms with E-state index in [0.717, 1.165) is 45.8 Å². The minimum atomic E-state index is 0.681. The number of aromatic amines is 2. The molecule has 28 heavy (non-hydrogen) atoms. The Morgan fingerprint density at radius 3 is 2.82 bits per heavy atom. The number of H-pyrrole nitrogens is 2. The van der Waals surface area contributed by atoms with E-state index in [1.165, 1.54) is 25.9 Å². The van der Waals surface area contributed by atoms with E-state index in [9.17, 15) is 0 Å². The molecule has 0 unspecified atom stereocenters. The second-order valence-electron chi connectivity index (χ2n) is 7.12.